The van der Waals surface area contributed by atoms with Gasteiger partial charge in [-0.15, -0.1) is 0 Å². The Morgan fingerprint density at radius 2 is 1.84 bits per heavy atom. The third-order valence-electron chi connectivity index (χ3n) is 5.33. The minimum absolute atomic E-state index is 0.0109. The molecule has 5 heteroatoms. The molecule has 4 rings (SSSR count). The number of carbonyl (C=O) groups excluding carboxylic acids is 1. The first-order valence-electron chi connectivity index (χ1n) is 10.6. The first kappa shape index (κ1) is 21.3. The van der Waals surface area contributed by atoms with Gasteiger partial charge in [-0.2, -0.15) is 0 Å². The Balaban J connectivity index is 1.65. The van der Waals surface area contributed by atoms with Crippen LogP contribution >= 0.6 is 0 Å². The molecule has 0 saturated carbocycles. The van der Waals surface area contributed by atoms with Crippen LogP contribution in [-0.4, -0.2) is 20.3 Å². The highest BCUT2D eigenvalue weighted by molar-refractivity contribution is 6.04. The van der Waals surface area contributed by atoms with Crippen LogP contribution in [0, 0.1) is 25.7 Å². The summed E-state index contributed by atoms with van der Waals surface area (Å²) in [6.07, 6.45) is 5.46. The fraction of sp³-hybridized carbons (Fsp3) is 0.222. The Hall–Kier alpha value is -3.91. The van der Waals surface area contributed by atoms with Gasteiger partial charge in [0.25, 0.3) is 5.91 Å². The molecule has 160 valence electrons. The molecule has 0 spiro atoms. The quantitative estimate of drug-likeness (QED) is 0.446. The van der Waals surface area contributed by atoms with E-state index >= 15 is 0 Å². The van der Waals surface area contributed by atoms with Crippen molar-refractivity contribution in [3.63, 3.8) is 0 Å². The van der Waals surface area contributed by atoms with E-state index in [0.29, 0.717) is 11.4 Å². The topological polar surface area (TPSA) is 59.3 Å². The van der Waals surface area contributed by atoms with Crippen molar-refractivity contribution in [2.75, 3.05) is 5.32 Å². The minimum Gasteiger partial charge on any atom is -0.307 e. The van der Waals surface area contributed by atoms with E-state index in [4.69, 9.17) is 0 Å². The van der Waals surface area contributed by atoms with Crippen molar-refractivity contribution in [1.82, 2.24) is 14.4 Å². The number of hydrogen-bond donors (Lipinski definition) is 1. The van der Waals surface area contributed by atoms with E-state index in [9.17, 15) is 4.79 Å². The molecular formula is C27H26N4O. The lowest BCUT2D eigenvalue weighted by molar-refractivity contribution is 0.102. The molecule has 0 aliphatic carbocycles. The Morgan fingerprint density at radius 3 is 2.59 bits per heavy atom. The van der Waals surface area contributed by atoms with Crippen molar-refractivity contribution in [2.24, 2.45) is 0 Å². The molecule has 32 heavy (non-hydrogen) atoms. The summed E-state index contributed by atoms with van der Waals surface area (Å²) in [5, 5.41) is 2.85. The molecule has 0 fully saturated rings. The number of anilines is 1. The third-order valence-corrected chi connectivity index (χ3v) is 5.33. The second-order valence-electron chi connectivity index (χ2n) is 8.96. The zero-order valence-corrected chi connectivity index (χ0v) is 19.0. The van der Waals surface area contributed by atoms with Gasteiger partial charge in [0.2, 0.25) is 0 Å². The number of carbonyl (C=O) groups is 1. The van der Waals surface area contributed by atoms with E-state index in [1.54, 1.807) is 18.5 Å². The second-order valence-corrected chi connectivity index (χ2v) is 8.96. The number of rotatable bonds is 2. The van der Waals surface area contributed by atoms with E-state index in [1.807, 2.05) is 54.8 Å². The summed E-state index contributed by atoms with van der Waals surface area (Å²) in [5.74, 6) is 6.78. The van der Waals surface area contributed by atoms with E-state index in [0.717, 1.165) is 28.0 Å². The van der Waals surface area contributed by atoms with Gasteiger partial charge >= 0.3 is 0 Å². The molecule has 0 bridgehead atoms. The van der Waals surface area contributed by atoms with Crippen LogP contribution in [0.2, 0.25) is 0 Å². The van der Waals surface area contributed by atoms with Gasteiger partial charge in [-0.25, -0.2) is 9.97 Å². The van der Waals surface area contributed by atoms with Crippen molar-refractivity contribution in [3.8, 4) is 11.8 Å². The van der Waals surface area contributed by atoms with E-state index in [-0.39, 0.29) is 11.3 Å². The molecule has 3 heterocycles. The van der Waals surface area contributed by atoms with Crippen molar-refractivity contribution in [2.45, 2.75) is 40.0 Å². The molecule has 0 radical (unpaired) electrons. The molecule has 4 aromatic rings. The molecule has 1 amide bonds. The number of aryl methyl sites for hydroxylation is 2. The largest absolute Gasteiger partial charge is 0.307 e. The Kier molecular flexibility index (Phi) is 5.54. The minimum atomic E-state index is -0.212. The highest BCUT2D eigenvalue weighted by Crippen LogP contribution is 2.26. The number of pyridine rings is 2. The number of amides is 1. The van der Waals surface area contributed by atoms with Gasteiger partial charge in [-0.1, -0.05) is 38.8 Å². The van der Waals surface area contributed by atoms with Crippen molar-refractivity contribution >= 4 is 17.4 Å². The monoisotopic (exact) mass is 422 g/mol. The molecule has 1 aromatic carbocycles. The number of nitrogens with zero attached hydrogens (tertiary/aromatic N) is 3. The van der Waals surface area contributed by atoms with Crippen molar-refractivity contribution < 1.29 is 4.79 Å². The molecule has 1 N–H and O–H groups in total. The lowest BCUT2D eigenvalue weighted by Crippen LogP contribution is -2.13. The van der Waals surface area contributed by atoms with E-state index < -0.39 is 0 Å². The molecule has 0 aliphatic heterocycles. The highest BCUT2D eigenvalue weighted by atomic mass is 16.1. The Labute approximate surface area is 188 Å². The van der Waals surface area contributed by atoms with Crippen LogP contribution in [-0.2, 0) is 5.41 Å². The first-order chi connectivity index (χ1) is 15.2. The molecule has 0 aliphatic rings. The zero-order chi connectivity index (χ0) is 22.9. The lowest BCUT2D eigenvalue weighted by atomic mass is 9.88. The standard InChI is InChI=1S/C27H26N4O/c1-18-12-13-28-24(15-18)30-26(32)21-9-8-19(2)20(16-21)10-11-22-17-29-25-23(27(3,4)5)7-6-14-31(22)25/h6-9,12-17H,1-5H3,(H,28,30,32). The number of aromatic nitrogens is 3. The van der Waals surface area contributed by atoms with Gasteiger partial charge in [0.15, 0.2) is 0 Å². The summed E-state index contributed by atoms with van der Waals surface area (Å²) >= 11 is 0. The van der Waals surface area contributed by atoms with Gasteiger partial charge in [0.05, 0.1) is 6.20 Å². The summed E-state index contributed by atoms with van der Waals surface area (Å²) in [5.41, 5.74) is 6.27. The average Bonchev–Trinajstić information content (AvgIpc) is 3.15. The Morgan fingerprint density at radius 1 is 1.03 bits per heavy atom. The molecule has 0 atom stereocenters. The van der Waals surface area contributed by atoms with Crippen LogP contribution in [0.25, 0.3) is 5.65 Å². The van der Waals surface area contributed by atoms with Crippen molar-refractivity contribution in [3.05, 3.63) is 94.6 Å². The summed E-state index contributed by atoms with van der Waals surface area (Å²) in [6.45, 7) is 10.5. The number of fused-ring (bicyclic) bond motifs is 1. The summed E-state index contributed by atoms with van der Waals surface area (Å²) in [4.78, 5) is 21.5. The van der Waals surface area contributed by atoms with Gasteiger partial charge in [0, 0.05) is 29.1 Å². The Bertz CT molecular complexity index is 1380. The van der Waals surface area contributed by atoms with Crippen molar-refractivity contribution in [1.29, 1.82) is 0 Å². The number of benzene rings is 1. The third kappa shape index (κ3) is 4.40. The van der Waals surface area contributed by atoms with Crippen LogP contribution < -0.4 is 5.32 Å². The van der Waals surface area contributed by atoms with Crippen LogP contribution in [0.15, 0.2) is 61.1 Å². The summed E-state index contributed by atoms with van der Waals surface area (Å²) < 4.78 is 2.02. The molecular weight excluding hydrogens is 396 g/mol. The van der Waals surface area contributed by atoms with Gasteiger partial charge in [-0.3, -0.25) is 9.20 Å². The molecule has 0 saturated heterocycles. The number of nitrogens with one attached hydrogen (secondary N) is 1. The maximum Gasteiger partial charge on any atom is 0.256 e. The predicted molar refractivity (Wildman–Crippen MR) is 128 cm³/mol. The zero-order valence-electron chi connectivity index (χ0n) is 19.0. The van der Waals surface area contributed by atoms with E-state index in [1.165, 1.54) is 5.56 Å². The van der Waals surface area contributed by atoms with Gasteiger partial charge in [-0.05, 0) is 66.6 Å². The maximum absolute atomic E-state index is 12.7. The predicted octanol–water partition coefficient (Wildman–Crippen LogP) is 5.30. The SMILES string of the molecule is Cc1ccnc(NC(=O)c2ccc(C)c(C#Cc3cnc4c(C(C)(C)C)cccn34)c2)c1. The normalized spacial score (nSPS) is 11.2. The van der Waals surface area contributed by atoms with E-state index in [2.05, 4.69) is 54.0 Å². The highest BCUT2D eigenvalue weighted by Gasteiger charge is 2.18. The fourth-order valence-corrected chi connectivity index (χ4v) is 3.51. The van der Waals surface area contributed by atoms with Crippen LogP contribution in [0.1, 0.15) is 59.1 Å². The second kappa shape index (κ2) is 8.32. The smallest absolute Gasteiger partial charge is 0.256 e. The molecule has 5 nitrogen and oxygen atoms in total. The van der Waals surface area contributed by atoms with Crippen LogP contribution in [0.3, 0.4) is 0 Å². The number of hydrogen-bond acceptors (Lipinski definition) is 3. The van der Waals surface area contributed by atoms with Gasteiger partial charge < -0.3 is 5.32 Å². The summed E-state index contributed by atoms with van der Waals surface area (Å²) in [6, 6.07) is 13.4. The summed E-state index contributed by atoms with van der Waals surface area (Å²) in [7, 11) is 0. The van der Waals surface area contributed by atoms with Gasteiger partial charge in [0.1, 0.15) is 17.2 Å². The number of imidazole rings is 1. The lowest BCUT2D eigenvalue weighted by Gasteiger charge is -2.19. The maximum atomic E-state index is 12.7. The fourth-order valence-electron chi connectivity index (χ4n) is 3.51. The van der Waals surface area contributed by atoms with Crippen LogP contribution in [0.4, 0.5) is 5.82 Å². The average molecular weight is 423 g/mol. The van der Waals surface area contributed by atoms with Crippen LogP contribution in [0.5, 0.6) is 0 Å². The molecule has 3 aromatic heterocycles. The molecule has 0 unspecified atom stereocenters. The first-order valence-corrected chi connectivity index (χ1v) is 10.6.